The maximum Gasteiger partial charge on any atom is 0.360 e. The lowest BCUT2D eigenvalue weighted by Crippen LogP contribution is -2.08. The number of hydrogen-bond acceptors (Lipinski definition) is 4. The fraction of sp³-hybridized carbons (Fsp3) is 0.231. The number of rotatable bonds is 3. The molecular weight excluding hydrogens is 301 g/mol. The van der Waals surface area contributed by atoms with Crippen LogP contribution in [0.4, 0.5) is 5.82 Å². The summed E-state index contributed by atoms with van der Waals surface area (Å²) in [7, 11) is 1.28. The van der Waals surface area contributed by atoms with E-state index < -0.39 is 5.97 Å². The molecule has 106 valence electrons. The van der Waals surface area contributed by atoms with E-state index in [0.717, 1.165) is 0 Å². The van der Waals surface area contributed by atoms with Gasteiger partial charge in [0.15, 0.2) is 5.69 Å². The number of carbonyl (C=O) groups is 1. The summed E-state index contributed by atoms with van der Waals surface area (Å²) in [6.45, 7) is 1.90. The highest BCUT2D eigenvalue weighted by Gasteiger charge is 2.22. The Bertz CT molecular complexity index is 668. The summed E-state index contributed by atoms with van der Waals surface area (Å²) in [5.41, 5.74) is 6.65. The number of benzene rings is 1. The molecular formula is C13H13Cl2N3O2. The second-order valence-electron chi connectivity index (χ2n) is 4.04. The molecule has 0 fully saturated rings. The molecule has 2 N–H and O–H groups in total. The van der Waals surface area contributed by atoms with Gasteiger partial charge >= 0.3 is 5.97 Å². The normalized spacial score (nSPS) is 10.6. The predicted molar refractivity (Wildman–Crippen MR) is 78.7 cm³/mol. The van der Waals surface area contributed by atoms with Crippen molar-refractivity contribution < 1.29 is 9.53 Å². The Morgan fingerprint density at radius 2 is 2.15 bits per heavy atom. The number of aromatic nitrogens is 2. The number of esters is 1. The van der Waals surface area contributed by atoms with Crippen LogP contribution in [-0.4, -0.2) is 22.6 Å². The molecule has 0 atom stereocenters. The van der Waals surface area contributed by atoms with Crippen molar-refractivity contribution in [1.82, 2.24) is 9.55 Å². The smallest absolute Gasteiger partial charge is 0.360 e. The minimum atomic E-state index is -0.589. The zero-order chi connectivity index (χ0) is 14.9. The van der Waals surface area contributed by atoms with Gasteiger partial charge in [-0.1, -0.05) is 30.1 Å². The molecule has 2 aromatic rings. The van der Waals surface area contributed by atoms with Crippen molar-refractivity contribution in [2.45, 2.75) is 13.3 Å². The molecule has 1 aromatic carbocycles. The van der Waals surface area contributed by atoms with Crippen LogP contribution in [0.3, 0.4) is 0 Å². The van der Waals surface area contributed by atoms with Crippen LogP contribution in [0.5, 0.6) is 0 Å². The molecule has 0 bridgehead atoms. The predicted octanol–water partition coefficient (Wildman–Crippen LogP) is 3.11. The van der Waals surface area contributed by atoms with Crippen LogP contribution in [0.15, 0.2) is 18.2 Å². The monoisotopic (exact) mass is 313 g/mol. The first-order valence-electron chi connectivity index (χ1n) is 5.90. The van der Waals surface area contributed by atoms with Crippen molar-refractivity contribution in [3.8, 4) is 5.69 Å². The van der Waals surface area contributed by atoms with E-state index in [1.165, 1.54) is 7.11 Å². The van der Waals surface area contributed by atoms with Crippen molar-refractivity contribution in [2.24, 2.45) is 0 Å². The minimum Gasteiger partial charge on any atom is -0.464 e. The molecule has 1 heterocycles. The first-order chi connectivity index (χ1) is 9.49. The number of halogens is 2. The summed E-state index contributed by atoms with van der Waals surface area (Å²) in [6.07, 6.45) is 0.573. The third-order valence-corrected chi connectivity index (χ3v) is 3.38. The molecule has 0 saturated heterocycles. The largest absolute Gasteiger partial charge is 0.464 e. The average molecular weight is 314 g/mol. The highest BCUT2D eigenvalue weighted by atomic mass is 35.5. The van der Waals surface area contributed by atoms with Gasteiger partial charge in [-0.25, -0.2) is 9.78 Å². The molecule has 0 saturated carbocycles. The average Bonchev–Trinajstić information content (AvgIpc) is 2.77. The zero-order valence-corrected chi connectivity index (χ0v) is 12.5. The minimum absolute atomic E-state index is 0.0698. The number of aryl methyl sites for hydroxylation is 1. The van der Waals surface area contributed by atoms with E-state index in [2.05, 4.69) is 9.72 Å². The van der Waals surface area contributed by atoms with Crippen LogP contribution in [-0.2, 0) is 11.2 Å². The van der Waals surface area contributed by atoms with Gasteiger partial charge in [0.1, 0.15) is 11.6 Å². The summed E-state index contributed by atoms with van der Waals surface area (Å²) in [5.74, 6) is 0.194. The maximum absolute atomic E-state index is 11.7. The lowest BCUT2D eigenvalue weighted by atomic mass is 10.3. The van der Waals surface area contributed by atoms with Gasteiger partial charge in [0, 0.05) is 11.4 Å². The lowest BCUT2D eigenvalue weighted by molar-refractivity contribution is 0.0596. The van der Waals surface area contributed by atoms with Gasteiger partial charge in [0.05, 0.1) is 17.8 Å². The van der Waals surface area contributed by atoms with Crippen LogP contribution < -0.4 is 5.73 Å². The van der Waals surface area contributed by atoms with E-state index in [1.807, 2.05) is 6.92 Å². The van der Waals surface area contributed by atoms with Gasteiger partial charge in [-0.3, -0.25) is 4.57 Å². The molecule has 0 aliphatic rings. The Kier molecular flexibility index (Phi) is 4.20. The number of nitrogens with zero attached hydrogens (tertiary/aromatic N) is 2. The Balaban J connectivity index is 2.70. The number of hydrogen-bond donors (Lipinski definition) is 1. The Morgan fingerprint density at radius 1 is 1.45 bits per heavy atom. The number of ether oxygens (including phenoxy) is 1. The summed E-state index contributed by atoms with van der Waals surface area (Å²) in [5, 5.41) is 0.976. The van der Waals surface area contributed by atoms with E-state index in [-0.39, 0.29) is 11.5 Å². The highest BCUT2D eigenvalue weighted by Crippen LogP contribution is 2.29. The molecule has 0 aliphatic heterocycles. The lowest BCUT2D eigenvalue weighted by Gasteiger charge is -2.11. The number of anilines is 1. The second-order valence-corrected chi connectivity index (χ2v) is 4.88. The van der Waals surface area contributed by atoms with Crippen LogP contribution in [0.1, 0.15) is 23.2 Å². The zero-order valence-electron chi connectivity index (χ0n) is 11.0. The summed E-state index contributed by atoms with van der Waals surface area (Å²) in [6, 6.07) is 5.01. The maximum atomic E-state index is 11.7. The summed E-state index contributed by atoms with van der Waals surface area (Å²) < 4.78 is 6.28. The van der Waals surface area contributed by atoms with E-state index in [0.29, 0.717) is 28.0 Å². The molecule has 5 nitrogen and oxygen atoms in total. The Morgan fingerprint density at radius 3 is 2.75 bits per heavy atom. The van der Waals surface area contributed by atoms with Crippen molar-refractivity contribution in [3.63, 3.8) is 0 Å². The Hall–Kier alpha value is -1.72. The number of imidazole rings is 1. The van der Waals surface area contributed by atoms with Crippen LogP contribution >= 0.6 is 23.2 Å². The quantitative estimate of drug-likeness (QED) is 0.884. The summed E-state index contributed by atoms with van der Waals surface area (Å²) in [4.78, 5) is 15.9. The SMILES string of the molecule is CCc1nc(C(=O)OC)c(N)n1-c1cc(Cl)ccc1Cl. The van der Waals surface area contributed by atoms with E-state index in [4.69, 9.17) is 28.9 Å². The molecule has 2 rings (SSSR count). The molecule has 7 heteroatoms. The van der Waals surface area contributed by atoms with Crippen molar-refractivity contribution in [3.05, 3.63) is 39.8 Å². The third-order valence-electron chi connectivity index (χ3n) is 2.83. The third kappa shape index (κ3) is 2.46. The van der Waals surface area contributed by atoms with Gasteiger partial charge in [-0.2, -0.15) is 0 Å². The number of carbonyl (C=O) groups excluding carboxylic acids is 1. The van der Waals surface area contributed by atoms with E-state index >= 15 is 0 Å². The van der Waals surface area contributed by atoms with Crippen LogP contribution in [0.2, 0.25) is 10.0 Å². The van der Waals surface area contributed by atoms with Crippen molar-refractivity contribution >= 4 is 35.0 Å². The van der Waals surface area contributed by atoms with E-state index in [9.17, 15) is 4.79 Å². The van der Waals surface area contributed by atoms with Gasteiger partial charge in [-0.05, 0) is 18.2 Å². The fourth-order valence-electron chi connectivity index (χ4n) is 1.89. The molecule has 1 aromatic heterocycles. The molecule has 0 spiro atoms. The van der Waals surface area contributed by atoms with Crippen LogP contribution in [0, 0.1) is 0 Å². The molecule has 0 unspecified atom stereocenters. The fourth-order valence-corrected chi connectivity index (χ4v) is 2.26. The van der Waals surface area contributed by atoms with Gasteiger partial charge in [-0.15, -0.1) is 0 Å². The number of nitrogen functional groups attached to an aromatic ring is 1. The van der Waals surface area contributed by atoms with E-state index in [1.54, 1.807) is 22.8 Å². The molecule has 0 radical (unpaired) electrons. The van der Waals surface area contributed by atoms with Crippen molar-refractivity contribution in [2.75, 3.05) is 12.8 Å². The van der Waals surface area contributed by atoms with Gasteiger partial charge in [0.25, 0.3) is 0 Å². The second kappa shape index (κ2) is 5.73. The molecule has 20 heavy (non-hydrogen) atoms. The number of nitrogens with two attached hydrogens (primary N) is 1. The van der Waals surface area contributed by atoms with Crippen LogP contribution in [0.25, 0.3) is 5.69 Å². The van der Waals surface area contributed by atoms with Gasteiger partial charge < -0.3 is 10.5 Å². The first kappa shape index (κ1) is 14.7. The van der Waals surface area contributed by atoms with Crippen molar-refractivity contribution in [1.29, 1.82) is 0 Å². The van der Waals surface area contributed by atoms with Gasteiger partial charge in [0.2, 0.25) is 0 Å². The molecule has 0 aliphatic carbocycles. The number of methoxy groups -OCH3 is 1. The summed E-state index contributed by atoms with van der Waals surface area (Å²) >= 11 is 12.2. The highest BCUT2D eigenvalue weighted by molar-refractivity contribution is 6.34. The topological polar surface area (TPSA) is 70.1 Å². The standard InChI is InChI=1S/C13H13Cl2N3O2/c1-3-10-17-11(13(19)20-2)12(16)18(10)9-6-7(14)4-5-8(9)15/h4-6H,3,16H2,1-2H3. The molecule has 0 amide bonds. The Labute approximate surface area is 126 Å². The first-order valence-corrected chi connectivity index (χ1v) is 6.66.